The third-order valence-electron chi connectivity index (χ3n) is 2.54. The van der Waals surface area contributed by atoms with Crippen LogP contribution in [-0.4, -0.2) is 6.61 Å². The molecule has 0 bridgehead atoms. The summed E-state index contributed by atoms with van der Waals surface area (Å²) in [4.78, 5) is 0. The number of hydrogen-bond acceptors (Lipinski definition) is 3. The lowest BCUT2D eigenvalue weighted by atomic mass is 10.2. The van der Waals surface area contributed by atoms with Gasteiger partial charge in [-0.3, -0.25) is 0 Å². The van der Waals surface area contributed by atoms with Crippen LogP contribution in [0.4, 0.5) is 21.5 Å². The first-order valence-corrected chi connectivity index (χ1v) is 6.64. The van der Waals surface area contributed by atoms with Gasteiger partial charge in [0.15, 0.2) is 0 Å². The molecule has 0 aromatic heterocycles. The molecule has 0 saturated carbocycles. The second-order valence-electron chi connectivity index (χ2n) is 3.94. The van der Waals surface area contributed by atoms with E-state index in [1.807, 2.05) is 31.2 Å². The summed E-state index contributed by atoms with van der Waals surface area (Å²) in [6.45, 7) is 2.56. The van der Waals surface area contributed by atoms with Crippen LogP contribution in [0.15, 0.2) is 40.9 Å². The molecule has 3 N–H and O–H groups in total. The molecule has 2 aromatic carbocycles. The Hall–Kier alpha value is -1.75. The summed E-state index contributed by atoms with van der Waals surface area (Å²) < 4.78 is 19.0. The minimum atomic E-state index is -0.380. The van der Waals surface area contributed by atoms with Crippen molar-refractivity contribution in [3.63, 3.8) is 0 Å². The van der Waals surface area contributed by atoms with E-state index in [0.29, 0.717) is 22.5 Å². The summed E-state index contributed by atoms with van der Waals surface area (Å²) in [7, 11) is 0. The number of hydrogen-bond donors (Lipinski definition) is 2. The molecular weight excluding hydrogens is 311 g/mol. The normalized spacial score (nSPS) is 10.3. The summed E-state index contributed by atoms with van der Waals surface area (Å²) in [6.07, 6.45) is 0. The Morgan fingerprint density at radius 3 is 2.58 bits per heavy atom. The standard InChI is InChI=1S/C14H14BrFN2O/c1-2-19-10-5-3-9(4-6-10)18-14-7-11(15)12(16)8-13(14)17/h3-8,18H,2,17H2,1H3. The van der Waals surface area contributed by atoms with Crippen LogP contribution in [0.25, 0.3) is 0 Å². The fourth-order valence-corrected chi connectivity index (χ4v) is 1.97. The lowest BCUT2D eigenvalue weighted by molar-refractivity contribution is 0.340. The Labute approximate surface area is 119 Å². The molecule has 0 atom stereocenters. The molecule has 0 aliphatic carbocycles. The van der Waals surface area contributed by atoms with Crippen molar-refractivity contribution in [2.24, 2.45) is 0 Å². The van der Waals surface area contributed by atoms with Crippen LogP contribution >= 0.6 is 15.9 Å². The first-order chi connectivity index (χ1) is 9.10. The van der Waals surface area contributed by atoms with Gasteiger partial charge in [0.2, 0.25) is 0 Å². The van der Waals surface area contributed by atoms with Gasteiger partial charge in [-0.2, -0.15) is 0 Å². The van der Waals surface area contributed by atoms with E-state index >= 15 is 0 Å². The Balaban J connectivity index is 2.19. The molecule has 2 aromatic rings. The molecule has 0 aliphatic rings. The second-order valence-corrected chi connectivity index (χ2v) is 4.79. The fourth-order valence-electron chi connectivity index (χ4n) is 1.63. The smallest absolute Gasteiger partial charge is 0.139 e. The second kappa shape index (κ2) is 5.93. The van der Waals surface area contributed by atoms with Crippen molar-refractivity contribution in [2.45, 2.75) is 6.92 Å². The summed E-state index contributed by atoms with van der Waals surface area (Å²) in [5.41, 5.74) is 7.63. The molecule has 0 saturated heterocycles. The Kier molecular flexibility index (Phi) is 4.27. The number of ether oxygens (including phenoxy) is 1. The highest BCUT2D eigenvalue weighted by atomic mass is 79.9. The number of benzene rings is 2. The van der Waals surface area contributed by atoms with Crippen molar-refractivity contribution in [2.75, 3.05) is 17.7 Å². The number of nitrogen functional groups attached to an aromatic ring is 1. The highest BCUT2D eigenvalue weighted by Crippen LogP contribution is 2.29. The third-order valence-corrected chi connectivity index (χ3v) is 3.14. The Morgan fingerprint density at radius 1 is 1.26 bits per heavy atom. The van der Waals surface area contributed by atoms with Gasteiger partial charge >= 0.3 is 0 Å². The maximum Gasteiger partial charge on any atom is 0.139 e. The molecular formula is C14H14BrFN2O. The number of rotatable bonds is 4. The van der Waals surface area contributed by atoms with Crippen LogP contribution < -0.4 is 15.8 Å². The van der Waals surface area contributed by atoms with Gasteiger partial charge in [-0.1, -0.05) is 0 Å². The number of halogens is 2. The lowest BCUT2D eigenvalue weighted by Gasteiger charge is -2.11. The van der Waals surface area contributed by atoms with E-state index in [1.165, 1.54) is 6.07 Å². The summed E-state index contributed by atoms with van der Waals surface area (Å²) in [5, 5.41) is 3.13. The van der Waals surface area contributed by atoms with Crippen LogP contribution in [0, 0.1) is 5.82 Å². The van der Waals surface area contributed by atoms with Crippen molar-refractivity contribution >= 4 is 33.0 Å². The number of nitrogens with two attached hydrogens (primary N) is 1. The average molecular weight is 325 g/mol. The highest BCUT2D eigenvalue weighted by molar-refractivity contribution is 9.10. The van der Waals surface area contributed by atoms with Gasteiger partial charge in [-0.15, -0.1) is 0 Å². The molecule has 0 heterocycles. The minimum absolute atomic E-state index is 0.356. The molecule has 0 spiro atoms. The van der Waals surface area contributed by atoms with Gasteiger partial charge in [-0.25, -0.2) is 4.39 Å². The van der Waals surface area contributed by atoms with Gasteiger partial charge in [0.1, 0.15) is 11.6 Å². The van der Waals surface area contributed by atoms with E-state index in [4.69, 9.17) is 10.5 Å². The zero-order valence-corrected chi connectivity index (χ0v) is 12.0. The van der Waals surface area contributed by atoms with E-state index in [-0.39, 0.29) is 5.82 Å². The zero-order chi connectivity index (χ0) is 13.8. The maximum absolute atomic E-state index is 13.3. The topological polar surface area (TPSA) is 47.3 Å². The molecule has 0 amide bonds. The maximum atomic E-state index is 13.3. The van der Waals surface area contributed by atoms with Crippen LogP contribution in [0.5, 0.6) is 5.75 Å². The number of nitrogens with one attached hydrogen (secondary N) is 1. The van der Waals surface area contributed by atoms with Crippen LogP contribution in [0.3, 0.4) is 0 Å². The molecule has 0 unspecified atom stereocenters. The van der Waals surface area contributed by atoms with Crippen molar-refractivity contribution in [1.82, 2.24) is 0 Å². The predicted octanol–water partition coefficient (Wildman–Crippen LogP) is 4.31. The number of anilines is 3. The molecule has 2 rings (SSSR count). The first-order valence-electron chi connectivity index (χ1n) is 5.84. The van der Waals surface area contributed by atoms with Crippen LogP contribution in [0.2, 0.25) is 0 Å². The van der Waals surface area contributed by atoms with Gasteiger partial charge in [0.05, 0.1) is 22.5 Å². The molecule has 3 nitrogen and oxygen atoms in total. The quantitative estimate of drug-likeness (QED) is 0.824. The van der Waals surface area contributed by atoms with Gasteiger partial charge in [0, 0.05) is 11.8 Å². The predicted molar refractivity (Wildman–Crippen MR) is 79.4 cm³/mol. The van der Waals surface area contributed by atoms with Crippen LogP contribution in [-0.2, 0) is 0 Å². The van der Waals surface area contributed by atoms with Crippen molar-refractivity contribution < 1.29 is 9.13 Å². The molecule has 0 radical (unpaired) electrons. The summed E-state index contributed by atoms with van der Waals surface area (Å²) in [6, 6.07) is 10.4. The Bertz CT molecular complexity index is 572. The minimum Gasteiger partial charge on any atom is -0.494 e. The van der Waals surface area contributed by atoms with E-state index in [0.717, 1.165) is 11.4 Å². The summed E-state index contributed by atoms with van der Waals surface area (Å²) >= 11 is 3.14. The molecule has 0 fully saturated rings. The zero-order valence-electron chi connectivity index (χ0n) is 10.4. The molecule has 0 aliphatic heterocycles. The van der Waals surface area contributed by atoms with Crippen molar-refractivity contribution in [3.8, 4) is 5.75 Å². The third kappa shape index (κ3) is 3.38. The van der Waals surface area contributed by atoms with Crippen molar-refractivity contribution in [1.29, 1.82) is 0 Å². The van der Waals surface area contributed by atoms with E-state index < -0.39 is 0 Å². The molecule has 5 heteroatoms. The van der Waals surface area contributed by atoms with Crippen molar-refractivity contribution in [3.05, 3.63) is 46.7 Å². The van der Waals surface area contributed by atoms with Gasteiger partial charge in [-0.05, 0) is 53.2 Å². The first kappa shape index (κ1) is 13.7. The summed E-state index contributed by atoms with van der Waals surface area (Å²) in [5.74, 6) is 0.427. The fraction of sp³-hybridized carbons (Fsp3) is 0.143. The van der Waals surface area contributed by atoms with Crippen LogP contribution in [0.1, 0.15) is 6.92 Å². The van der Waals surface area contributed by atoms with E-state index in [1.54, 1.807) is 6.07 Å². The largest absolute Gasteiger partial charge is 0.494 e. The molecule has 100 valence electrons. The Morgan fingerprint density at radius 2 is 1.95 bits per heavy atom. The SMILES string of the molecule is CCOc1ccc(Nc2cc(Br)c(F)cc2N)cc1. The highest BCUT2D eigenvalue weighted by Gasteiger charge is 2.06. The van der Waals surface area contributed by atoms with E-state index in [9.17, 15) is 4.39 Å². The van der Waals surface area contributed by atoms with E-state index in [2.05, 4.69) is 21.2 Å². The average Bonchev–Trinajstić information content (AvgIpc) is 2.38. The molecule has 19 heavy (non-hydrogen) atoms. The van der Waals surface area contributed by atoms with Gasteiger partial charge < -0.3 is 15.8 Å². The monoisotopic (exact) mass is 324 g/mol. The van der Waals surface area contributed by atoms with Gasteiger partial charge in [0.25, 0.3) is 0 Å². The lowest BCUT2D eigenvalue weighted by Crippen LogP contribution is -1.98.